The number of hydrogen-bond acceptors (Lipinski definition) is 1. The summed E-state index contributed by atoms with van der Waals surface area (Å²) < 4.78 is 5.79. The molecule has 0 saturated heterocycles. The molecule has 0 amide bonds. The summed E-state index contributed by atoms with van der Waals surface area (Å²) in [5.41, 5.74) is 3.67. The molecule has 1 heteroatoms. The van der Waals surface area contributed by atoms with E-state index >= 15 is 0 Å². The molecule has 0 aliphatic rings. The fourth-order valence-electron chi connectivity index (χ4n) is 1.57. The van der Waals surface area contributed by atoms with Crippen molar-refractivity contribution in [2.45, 2.75) is 20.8 Å². The quantitative estimate of drug-likeness (QED) is 0.723. The van der Waals surface area contributed by atoms with Crippen LogP contribution in [0, 0.1) is 26.8 Å². The summed E-state index contributed by atoms with van der Waals surface area (Å²) in [4.78, 5) is 0. The molecule has 0 fully saturated rings. The van der Waals surface area contributed by atoms with Crippen LogP contribution in [-0.4, -0.2) is 0 Å². The average molecular weight is 211 g/mol. The number of ether oxygens (including phenoxy) is 1. The third-order valence-electron chi connectivity index (χ3n) is 2.88. The zero-order valence-electron chi connectivity index (χ0n) is 9.87. The molecule has 1 nitrogen and oxygen atoms in total. The van der Waals surface area contributed by atoms with Crippen molar-refractivity contribution in [2.24, 2.45) is 0 Å². The molecule has 0 N–H and O–H groups in total. The van der Waals surface area contributed by atoms with Crippen LogP contribution >= 0.6 is 0 Å². The predicted molar refractivity (Wildman–Crippen MR) is 66.0 cm³/mol. The molecule has 0 spiro atoms. The standard InChI is InChI=1S/C15H15O/c1-11-9-10-15(13(3)12(11)2)16-14-7-5-4-6-8-14/h4-9H,1-3H3. The zero-order chi connectivity index (χ0) is 11.5. The van der Waals surface area contributed by atoms with Gasteiger partial charge in [-0.1, -0.05) is 18.2 Å². The van der Waals surface area contributed by atoms with Crippen molar-refractivity contribution in [3.05, 3.63) is 59.2 Å². The Morgan fingerprint density at radius 2 is 1.62 bits per heavy atom. The van der Waals surface area contributed by atoms with Crippen molar-refractivity contribution in [3.8, 4) is 11.5 Å². The molecule has 0 bridgehead atoms. The lowest BCUT2D eigenvalue weighted by molar-refractivity contribution is 0.477. The first kappa shape index (κ1) is 10.7. The summed E-state index contributed by atoms with van der Waals surface area (Å²) in [6, 6.07) is 14.9. The van der Waals surface area contributed by atoms with Crippen LogP contribution in [0.2, 0.25) is 0 Å². The monoisotopic (exact) mass is 211 g/mol. The van der Waals surface area contributed by atoms with E-state index in [0.717, 1.165) is 17.1 Å². The molecule has 1 radical (unpaired) electrons. The summed E-state index contributed by atoms with van der Waals surface area (Å²) in [6.07, 6.45) is 0. The van der Waals surface area contributed by atoms with Gasteiger partial charge >= 0.3 is 0 Å². The average Bonchev–Trinajstić information content (AvgIpc) is 2.31. The normalized spacial score (nSPS) is 10.2. The first-order valence-electron chi connectivity index (χ1n) is 5.40. The summed E-state index contributed by atoms with van der Waals surface area (Å²) in [6.45, 7) is 6.26. The largest absolute Gasteiger partial charge is 0.456 e. The molecule has 2 aromatic carbocycles. The Hall–Kier alpha value is -1.76. The highest BCUT2D eigenvalue weighted by Gasteiger charge is 2.05. The predicted octanol–water partition coefficient (Wildman–Crippen LogP) is 4.20. The van der Waals surface area contributed by atoms with Crippen LogP contribution in [0.5, 0.6) is 11.5 Å². The van der Waals surface area contributed by atoms with Gasteiger partial charge in [0.2, 0.25) is 0 Å². The van der Waals surface area contributed by atoms with E-state index < -0.39 is 0 Å². The van der Waals surface area contributed by atoms with Crippen LogP contribution in [-0.2, 0) is 0 Å². The highest BCUT2D eigenvalue weighted by Crippen LogP contribution is 2.27. The molecule has 0 aliphatic heterocycles. The molecule has 2 rings (SSSR count). The molecule has 81 valence electrons. The van der Waals surface area contributed by atoms with Gasteiger partial charge in [0.25, 0.3) is 0 Å². The second-order valence-corrected chi connectivity index (χ2v) is 3.97. The Balaban J connectivity index is 2.33. The van der Waals surface area contributed by atoms with E-state index in [9.17, 15) is 0 Å². The second-order valence-electron chi connectivity index (χ2n) is 3.97. The summed E-state index contributed by atoms with van der Waals surface area (Å²) >= 11 is 0. The Labute approximate surface area is 96.7 Å². The van der Waals surface area contributed by atoms with Crippen LogP contribution in [0.15, 0.2) is 36.4 Å². The molecule has 0 heterocycles. The van der Waals surface area contributed by atoms with Crippen LogP contribution in [0.3, 0.4) is 0 Å². The van der Waals surface area contributed by atoms with Gasteiger partial charge in [-0.3, -0.25) is 0 Å². The fourth-order valence-corrected chi connectivity index (χ4v) is 1.57. The Morgan fingerprint density at radius 3 is 2.31 bits per heavy atom. The van der Waals surface area contributed by atoms with Gasteiger partial charge in [0.05, 0.1) is 0 Å². The van der Waals surface area contributed by atoms with Gasteiger partial charge in [0.1, 0.15) is 11.5 Å². The van der Waals surface area contributed by atoms with E-state index in [4.69, 9.17) is 4.74 Å². The molecule has 2 aromatic rings. The Morgan fingerprint density at radius 1 is 0.938 bits per heavy atom. The Kier molecular flexibility index (Phi) is 2.95. The van der Waals surface area contributed by atoms with Crippen LogP contribution in [0.1, 0.15) is 16.7 Å². The van der Waals surface area contributed by atoms with Crippen LogP contribution in [0.4, 0.5) is 0 Å². The van der Waals surface area contributed by atoms with Crippen molar-refractivity contribution < 1.29 is 4.74 Å². The number of para-hydroxylation sites is 1. The smallest absolute Gasteiger partial charge is 0.138 e. The minimum absolute atomic E-state index is 0.814. The van der Waals surface area contributed by atoms with Crippen LogP contribution in [0.25, 0.3) is 0 Å². The van der Waals surface area contributed by atoms with Gasteiger partial charge in [0.15, 0.2) is 0 Å². The fraction of sp³-hybridized carbons (Fsp3) is 0.200. The molecular weight excluding hydrogens is 196 g/mol. The van der Waals surface area contributed by atoms with E-state index in [1.165, 1.54) is 11.1 Å². The summed E-state index contributed by atoms with van der Waals surface area (Å²) in [5, 5.41) is 0. The van der Waals surface area contributed by atoms with E-state index in [1.54, 1.807) is 0 Å². The molecule has 0 atom stereocenters. The maximum atomic E-state index is 5.79. The van der Waals surface area contributed by atoms with Crippen molar-refractivity contribution >= 4 is 0 Å². The van der Waals surface area contributed by atoms with E-state index in [1.807, 2.05) is 36.4 Å². The van der Waals surface area contributed by atoms with Gasteiger partial charge in [-0.15, -0.1) is 0 Å². The van der Waals surface area contributed by atoms with Crippen molar-refractivity contribution in [2.75, 3.05) is 0 Å². The number of benzene rings is 2. The van der Waals surface area contributed by atoms with Crippen molar-refractivity contribution in [1.82, 2.24) is 0 Å². The molecule has 0 saturated carbocycles. The zero-order valence-corrected chi connectivity index (χ0v) is 9.87. The third kappa shape index (κ3) is 2.08. The van der Waals surface area contributed by atoms with E-state index in [-0.39, 0.29) is 0 Å². The molecule has 16 heavy (non-hydrogen) atoms. The lowest BCUT2D eigenvalue weighted by Gasteiger charge is -2.11. The molecule has 0 aliphatic carbocycles. The minimum atomic E-state index is 0.814. The summed E-state index contributed by atoms with van der Waals surface area (Å²) in [5.74, 6) is 1.67. The van der Waals surface area contributed by atoms with Crippen molar-refractivity contribution in [3.63, 3.8) is 0 Å². The van der Waals surface area contributed by atoms with Gasteiger partial charge in [-0.2, -0.15) is 0 Å². The summed E-state index contributed by atoms with van der Waals surface area (Å²) in [7, 11) is 0. The highest BCUT2D eigenvalue weighted by atomic mass is 16.5. The van der Waals surface area contributed by atoms with Crippen LogP contribution < -0.4 is 4.74 Å². The van der Waals surface area contributed by atoms with Gasteiger partial charge in [0, 0.05) is 6.07 Å². The maximum Gasteiger partial charge on any atom is 0.138 e. The molecule has 0 unspecified atom stereocenters. The topological polar surface area (TPSA) is 9.23 Å². The number of rotatable bonds is 2. The highest BCUT2D eigenvalue weighted by molar-refractivity contribution is 5.44. The molecular formula is C15H15O. The number of aryl methyl sites for hydroxylation is 1. The SMILES string of the molecule is Cc1c[c]c(Oc2ccccc2)c(C)c1C. The Bertz CT molecular complexity index is 486. The number of hydrogen-bond donors (Lipinski definition) is 0. The third-order valence-corrected chi connectivity index (χ3v) is 2.88. The van der Waals surface area contributed by atoms with E-state index in [0.29, 0.717) is 0 Å². The second kappa shape index (κ2) is 4.40. The first-order chi connectivity index (χ1) is 7.68. The lowest BCUT2D eigenvalue weighted by Crippen LogP contribution is -1.92. The van der Waals surface area contributed by atoms with Gasteiger partial charge in [-0.25, -0.2) is 0 Å². The molecule has 0 aromatic heterocycles. The minimum Gasteiger partial charge on any atom is -0.456 e. The first-order valence-corrected chi connectivity index (χ1v) is 5.40. The maximum absolute atomic E-state index is 5.79. The van der Waals surface area contributed by atoms with Crippen molar-refractivity contribution in [1.29, 1.82) is 0 Å². The van der Waals surface area contributed by atoms with Gasteiger partial charge in [-0.05, 0) is 55.7 Å². The lowest BCUT2D eigenvalue weighted by atomic mass is 10.0. The van der Waals surface area contributed by atoms with Gasteiger partial charge < -0.3 is 4.74 Å². The van der Waals surface area contributed by atoms with E-state index in [2.05, 4.69) is 26.8 Å².